The lowest BCUT2D eigenvalue weighted by Crippen LogP contribution is -2.09. The minimum absolute atomic E-state index is 0.161. The summed E-state index contributed by atoms with van der Waals surface area (Å²) in [6.07, 6.45) is 5.34. The average Bonchev–Trinajstić information content (AvgIpc) is 3.03. The molecule has 0 aliphatic rings. The van der Waals surface area contributed by atoms with Crippen molar-refractivity contribution in [1.82, 2.24) is 19.7 Å². The first-order valence-corrected chi connectivity index (χ1v) is 9.69. The molecule has 2 heterocycles. The smallest absolute Gasteiger partial charge is 0.335 e. The van der Waals surface area contributed by atoms with E-state index in [4.69, 9.17) is 0 Å². The Hall–Kier alpha value is -2.28. The molecule has 0 saturated carbocycles. The number of aromatic nitrogens is 4. The molecule has 2 aromatic rings. The molecule has 2 aromatic heterocycles. The molecule has 148 valence electrons. The van der Waals surface area contributed by atoms with E-state index in [1.54, 1.807) is 6.07 Å². The maximum atomic E-state index is 11.2. The number of carboxylic acids is 1. The lowest BCUT2D eigenvalue weighted by Gasteiger charge is -2.11. The average molecular weight is 374 g/mol. The topological polar surface area (TPSA) is 101 Å². The SMILES string of the molecule is CCc1nnc(CCCc2cc(C(=O)O)cc(CO)n2)n1CCCC(C)C. The number of carboxylic acid groups (broad SMARTS) is 1. The molecule has 0 fully saturated rings. The molecule has 0 saturated heterocycles. The minimum atomic E-state index is -1.01. The zero-order chi connectivity index (χ0) is 19.8. The number of rotatable bonds is 11. The fourth-order valence-corrected chi connectivity index (χ4v) is 3.14. The monoisotopic (exact) mass is 374 g/mol. The summed E-state index contributed by atoms with van der Waals surface area (Å²) < 4.78 is 2.22. The third kappa shape index (κ3) is 6.13. The third-order valence-electron chi connectivity index (χ3n) is 4.56. The number of hydrogen-bond donors (Lipinski definition) is 2. The Kier molecular flexibility index (Phi) is 7.91. The summed E-state index contributed by atoms with van der Waals surface area (Å²) in [5.41, 5.74) is 1.23. The third-order valence-corrected chi connectivity index (χ3v) is 4.56. The Labute approximate surface area is 160 Å². The van der Waals surface area contributed by atoms with Crippen LogP contribution in [0.4, 0.5) is 0 Å². The molecular formula is C20H30N4O3. The lowest BCUT2D eigenvalue weighted by atomic mass is 10.1. The summed E-state index contributed by atoms with van der Waals surface area (Å²) in [7, 11) is 0. The van der Waals surface area contributed by atoms with Crippen molar-refractivity contribution in [2.24, 2.45) is 5.92 Å². The molecule has 7 nitrogen and oxygen atoms in total. The number of aliphatic hydroxyl groups is 1. The van der Waals surface area contributed by atoms with Crippen LogP contribution in [0.3, 0.4) is 0 Å². The highest BCUT2D eigenvalue weighted by molar-refractivity contribution is 5.87. The van der Waals surface area contributed by atoms with Crippen LogP contribution in [0.5, 0.6) is 0 Å². The quantitative estimate of drug-likeness (QED) is 0.627. The van der Waals surface area contributed by atoms with Gasteiger partial charge in [0.15, 0.2) is 0 Å². The van der Waals surface area contributed by atoms with Gasteiger partial charge < -0.3 is 14.8 Å². The number of carbonyl (C=O) groups is 1. The zero-order valence-electron chi connectivity index (χ0n) is 16.5. The molecule has 0 aromatic carbocycles. The van der Waals surface area contributed by atoms with Crippen molar-refractivity contribution in [1.29, 1.82) is 0 Å². The predicted octanol–water partition coefficient (Wildman–Crippen LogP) is 3.04. The van der Waals surface area contributed by atoms with E-state index < -0.39 is 5.97 Å². The summed E-state index contributed by atoms with van der Waals surface area (Å²) in [6, 6.07) is 2.98. The summed E-state index contributed by atoms with van der Waals surface area (Å²) in [5.74, 6) is 1.67. The van der Waals surface area contributed by atoms with Crippen molar-refractivity contribution in [2.75, 3.05) is 0 Å². The highest BCUT2D eigenvalue weighted by Gasteiger charge is 2.12. The highest BCUT2D eigenvalue weighted by atomic mass is 16.4. The van der Waals surface area contributed by atoms with Crippen molar-refractivity contribution in [3.8, 4) is 0 Å². The Morgan fingerprint density at radius 1 is 1.11 bits per heavy atom. The second-order valence-electron chi connectivity index (χ2n) is 7.23. The first-order chi connectivity index (χ1) is 12.9. The number of nitrogens with zero attached hydrogens (tertiary/aromatic N) is 4. The van der Waals surface area contributed by atoms with Crippen molar-refractivity contribution < 1.29 is 15.0 Å². The maximum absolute atomic E-state index is 11.2. The number of aryl methyl sites for hydroxylation is 3. The molecule has 0 bridgehead atoms. The van der Waals surface area contributed by atoms with Gasteiger partial charge in [0.2, 0.25) is 0 Å². The number of pyridine rings is 1. The largest absolute Gasteiger partial charge is 0.478 e. The molecule has 0 aliphatic heterocycles. The Morgan fingerprint density at radius 3 is 2.44 bits per heavy atom. The molecule has 0 amide bonds. The van der Waals surface area contributed by atoms with Crippen LogP contribution in [-0.4, -0.2) is 35.9 Å². The Bertz CT molecular complexity index is 756. The van der Waals surface area contributed by atoms with Crippen LogP contribution in [0.1, 0.15) is 73.4 Å². The highest BCUT2D eigenvalue weighted by Crippen LogP contribution is 2.13. The van der Waals surface area contributed by atoms with Crippen LogP contribution < -0.4 is 0 Å². The fraction of sp³-hybridized carbons (Fsp3) is 0.600. The molecule has 0 radical (unpaired) electrons. The molecule has 27 heavy (non-hydrogen) atoms. The molecule has 0 spiro atoms. The van der Waals surface area contributed by atoms with E-state index in [0.717, 1.165) is 43.9 Å². The van der Waals surface area contributed by atoms with Crippen molar-refractivity contribution in [2.45, 2.75) is 72.4 Å². The molecule has 7 heteroatoms. The minimum Gasteiger partial charge on any atom is -0.478 e. The van der Waals surface area contributed by atoms with Crippen molar-refractivity contribution in [3.05, 3.63) is 40.7 Å². The first kappa shape index (κ1) is 21.0. The summed E-state index contributed by atoms with van der Waals surface area (Å²) in [4.78, 5) is 15.5. The molecule has 2 rings (SSSR count). The van der Waals surface area contributed by atoms with Gasteiger partial charge in [0.05, 0.1) is 17.9 Å². The second kappa shape index (κ2) is 10.2. The Balaban J connectivity index is 2.01. The van der Waals surface area contributed by atoms with Gasteiger partial charge in [0.1, 0.15) is 11.6 Å². The van der Waals surface area contributed by atoms with E-state index in [2.05, 4.69) is 40.5 Å². The molecule has 0 atom stereocenters. The van der Waals surface area contributed by atoms with E-state index >= 15 is 0 Å². The predicted molar refractivity (Wildman–Crippen MR) is 103 cm³/mol. The van der Waals surface area contributed by atoms with Crippen molar-refractivity contribution in [3.63, 3.8) is 0 Å². The molecule has 0 unspecified atom stereocenters. The van der Waals surface area contributed by atoms with Gasteiger partial charge in [0.25, 0.3) is 0 Å². The van der Waals surface area contributed by atoms with Crippen LogP contribution in [0.25, 0.3) is 0 Å². The lowest BCUT2D eigenvalue weighted by molar-refractivity contribution is 0.0696. The molecule has 0 aliphatic carbocycles. The van der Waals surface area contributed by atoms with Gasteiger partial charge in [0, 0.05) is 25.1 Å². The van der Waals surface area contributed by atoms with Gasteiger partial charge >= 0.3 is 5.97 Å². The summed E-state index contributed by atoms with van der Waals surface area (Å²) >= 11 is 0. The zero-order valence-corrected chi connectivity index (χ0v) is 16.5. The van der Waals surface area contributed by atoms with E-state index in [0.29, 0.717) is 23.7 Å². The standard InChI is InChI=1S/C20H30N4O3/c1-4-18-22-23-19(24(18)10-6-7-14(2)3)9-5-8-16-11-15(20(26)27)12-17(13-25)21-16/h11-12,14,25H,4-10,13H2,1-3H3,(H,26,27). The van der Waals surface area contributed by atoms with Crippen molar-refractivity contribution >= 4 is 5.97 Å². The Morgan fingerprint density at radius 2 is 1.81 bits per heavy atom. The molecular weight excluding hydrogens is 344 g/mol. The van der Waals surface area contributed by atoms with Crippen LogP contribution in [-0.2, 0) is 32.4 Å². The first-order valence-electron chi connectivity index (χ1n) is 9.69. The van der Waals surface area contributed by atoms with Crippen LogP contribution in [0, 0.1) is 5.92 Å². The van der Waals surface area contributed by atoms with E-state index in [1.807, 2.05) is 0 Å². The molecule has 2 N–H and O–H groups in total. The summed E-state index contributed by atoms with van der Waals surface area (Å²) in [5, 5.41) is 27.1. The van der Waals surface area contributed by atoms with Gasteiger partial charge in [-0.2, -0.15) is 0 Å². The van der Waals surface area contributed by atoms with E-state index in [9.17, 15) is 15.0 Å². The summed E-state index contributed by atoms with van der Waals surface area (Å²) in [6.45, 7) is 7.22. The van der Waals surface area contributed by atoms with Crippen LogP contribution in [0.15, 0.2) is 12.1 Å². The van der Waals surface area contributed by atoms with Gasteiger partial charge in [-0.1, -0.05) is 20.8 Å². The normalized spacial score (nSPS) is 11.3. The van der Waals surface area contributed by atoms with Gasteiger partial charge in [-0.3, -0.25) is 4.98 Å². The second-order valence-corrected chi connectivity index (χ2v) is 7.23. The van der Waals surface area contributed by atoms with Gasteiger partial charge in [-0.25, -0.2) is 4.79 Å². The number of aromatic carboxylic acids is 1. The van der Waals surface area contributed by atoms with E-state index in [1.165, 1.54) is 12.5 Å². The van der Waals surface area contributed by atoms with Gasteiger partial charge in [-0.05, 0) is 43.7 Å². The fourth-order valence-electron chi connectivity index (χ4n) is 3.14. The van der Waals surface area contributed by atoms with Gasteiger partial charge in [-0.15, -0.1) is 10.2 Å². The maximum Gasteiger partial charge on any atom is 0.335 e. The number of aliphatic hydroxyl groups excluding tert-OH is 1. The van der Waals surface area contributed by atoms with E-state index in [-0.39, 0.29) is 12.2 Å². The number of hydrogen-bond acceptors (Lipinski definition) is 5. The van der Waals surface area contributed by atoms with Crippen LogP contribution >= 0.6 is 0 Å². The van der Waals surface area contributed by atoms with Crippen LogP contribution in [0.2, 0.25) is 0 Å².